The molecule has 5 aromatic rings. The van der Waals surface area contributed by atoms with Crippen LogP contribution in [0.1, 0.15) is 0 Å². The van der Waals surface area contributed by atoms with Gasteiger partial charge in [0.05, 0.1) is 10.2 Å². The van der Waals surface area contributed by atoms with Crippen LogP contribution in [0.5, 0.6) is 0 Å². The van der Waals surface area contributed by atoms with E-state index in [1.807, 2.05) is 54.6 Å². The van der Waals surface area contributed by atoms with E-state index in [9.17, 15) is 0 Å². The van der Waals surface area contributed by atoms with E-state index in [1.54, 1.807) is 11.3 Å². The van der Waals surface area contributed by atoms with Crippen LogP contribution in [0.4, 0.5) is 11.1 Å². The molecule has 0 amide bonds. The number of para-hydroxylation sites is 1. The van der Waals surface area contributed by atoms with Crippen molar-refractivity contribution in [3.8, 4) is 0 Å². The summed E-state index contributed by atoms with van der Waals surface area (Å²) in [6.45, 7) is 0. The summed E-state index contributed by atoms with van der Waals surface area (Å²) in [5, 5.41) is 13.4. The molecule has 2 N–H and O–H groups in total. The van der Waals surface area contributed by atoms with Gasteiger partial charge in [-0.3, -0.25) is 0 Å². The summed E-state index contributed by atoms with van der Waals surface area (Å²) < 4.78 is 6.38. The number of rotatable bonds is 5. The fraction of sp³-hybridized carbons (Fsp3) is 0. The Morgan fingerprint density at radius 1 is 0.828 bits per heavy atom. The monoisotopic (exact) mass is 416 g/mol. The Kier molecular flexibility index (Phi) is 4.68. The molecule has 29 heavy (non-hydrogen) atoms. The lowest BCUT2D eigenvalue weighted by Crippen LogP contribution is -2.22. The van der Waals surface area contributed by atoms with Crippen LogP contribution in [0.3, 0.4) is 0 Å². The highest BCUT2D eigenvalue weighted by molar-refractivity contribution is 7.82. The Bertz CT molecular complexity index is 1210. The minimum Gasteiger partial charge on any atom is -0.314 e. The molecule has 0 saturated carbocycles. The molecule has 0 unspecified atom stereocenters. The summed E-state index contributed by atoms with van der Waals surface area (Å²) in [5.74, 6) is 0.580. The minimum atomic E-state index is -2.48. The van der Waals surface area contributed by atoms with Gasteiger partial charge in [-0.25, -0.2) is 14.8 Å². The summed E-state index contributed by atoms with van der Waals surface area (Å²) in [6, 6.07) is 28.6. The molecule has 2 heterocycles. The first-order chi connectivity index (χ1) is 14.3. The molecule has 0 bridgehead atoms. The highest BCUT2D eigenvalue weighted by Gasteiger charge is 2.27. The Labute approximate surface area is 171 Å². The van der Waals surface area contributed by atoms with Crippen molar-refractivity contribution in [1.82, 2.24) is 20.2 Å². The third kappa shape index (κ3) is 3.46. The average molecular weight is 416 g/mol. The quantitative estimate of drug-likeness (QED) is 0.399. The second-order valence-corrected chi connectivity index (χ2v) is 10.1. The third-order valence-electron chi connectivity index (χ3n) is 4.46. The molecular weight excluding hydrogens is 399 g/mol. The highest BCUT2D eigenvalue weighted by Crippen LogP contribution is 2.50. The predicted octanol–water partition coefficient (Wildman–Crippen LogP) is 4.93. The molecule has 0 fully saturated rings. The molecule has 0 aliphatic carbocycles. The first kappa shape index (κ1) is 17.8. The average Bonchev–Trinajstić information content (AvgIpc) is 3.43. The van der Waals surface area contributed by atoms with Crippen molar-refractivity contribution in [2.45, 2.75) is 0 Å². The number of hydrogen-bond donors (Lipinski definition) is 2. The predicted molar refractivity (Wildman–Crippen MR) is 121 cm³/mol. The fourth-order valence-electron chi connectivity index (χ4n) is 3.15. The van der Waals surface area contributed by atoms with Gasteiger partial charge in [0.25, 0.3) is 0 Å². The number of aromatic nitrogens is 4. The number of H-pyrrole nitrogens is 1. The number of hydrogen-bond acceptors (Lipinski definition) is 5. The molecule has 5 rings (SSSR count). The van der Waals surface area contributed by atoms with Crippen LogP contribution in [0, 0.1) is 0 Å². The van der Waals surface area contributed by atoms with E-state index in [0.717, 1.165) is 26.0 Å². The zero-order chi connectivity index (χ0) is 19.5. The molecule has 2 aromatic heterocycles. The van der Waals surface area contributed by atoms with Crippen molar-refractivity contribution in [1.29, 1.82) is 0 Å². The van der Waals surface area contributed by atoms with Crippen LogP contribution >= 0.6 is 18.5 Å². The number of nitrogens with one attached hydrogen (secondary N) is 2. The van der Waals surface area contributed by atoms with Gasteiger partial charge in [0.1, 0.15) is 13.5 Å². The maximum Gasteiger partial charge on any atom is 0.223 e. The second kappa shape index (κ2) is 7.62. The first-order valence-electron chi connectivity index (χ1n) is 9.06. The normalized spacial score (nSPS) is 11.4. The molecule has 6 nitrogen and oxygen atoms in total. The van der Waals surface area contributed by atoms with Crippen molar-refractivity contribution in [3.63, 3.8) is 0 Å². The third-order valence-corrected chi connectivity index (χ3v) is 8.64. The van der Waals surface area contributed by atoms with Gasteiger partial charge in [0.15, 0.2) is 0 Å². The van der Waals surface area contributed by atoms with Crippen molar-refractivity contribution >= 4 is 50.4 Å². The van der Waals surface area contributed by atoms with Crippen molar-refractivity contribution in [2.24, 2.45) is 4.74 Å². The van der Waals surface area contributed by atoms with Gasteiger partial charge < -0.3 is 5.09 Å². The number of nitrogens with zero attached hydrogens (tertiary/aromatic N) is 4. The van der Waals surface area contributed by atoms with Crippen molar-refractivity contribution < 1.29 is 0 Å². The molecule has 0 atom stereocenters. The number of thiazole rings is 1. The van der Waals surface area contributed by atoms with Crippen LogP contribution < -0.4 is 15.7 Å². The lowest BCUT2D eigenvalue weighted by molar-refractivity contribution is 1.10. The second-order valence-electron chi connectivity index (χ2n) is 6.32. The van der Waals surface area contributed by atoms with E-state index >= 15 is 0 Å². The number of benzene rings is 3. The lowest BCUT2D eigenvalue weighted by Gasteiger charge is -2.26. The number of aromatic amines is 1. The Morgan fingerprint density at radius 3 is 2.10 bits per heavy atom. The van der Waals surface area contributed by atoms with Gasteiger partial charge in [-0.15, -0.1) is 0 Å². The van der Waals surface area contributed by atoms with Gasteiger partial charge in [0, 0.05) is 10.6 Å². The van der Waals surface area contributed by atoms with Crippen LogP contribution in [0.25, 0.3) is 10.2 Å². The van der Waals surface area contributed by atoms with Gasteiger partial charge >= 0.3 is 0 Å². The maximum absolute atomic E-state index is 5.26. The first-order valence-corrected chi connectivity index (χ1v) is 11.6. The highest BCUT2D eigenvalue weighted by atomic mass is 32.1. The van der Waals surface area contributed by atoms with Crippen LogP contribution in [-0.4, -0.2) is 20.2 Å². The zero-order valence-corrected chi connectivity index (χ0v) is 17.0. The van der Waals surface area contributed by atoms with E-state index in [4.69, 9.17) is 9.73 Å². The minimum absolute atomic E-state index is 0.580. The summed E-state index contributed by atoms with van der Waals surface area (Å²) in [4.78, 5) is 9.08. The van der Waals surface area contributed by atoms with Crippen molar-refractivity contribution in [2.75, 3.05) is 5.09 Å². The van der Waals surface area contributed by atoms with E-state index in [1.165, 1.54) is 6.33 Å². The molecule has 8 heteroatoms. The maximum atomic E-state index is 5.26. The molecule has 0 spiro atoms. The van der Waals surface area contributed by atoms with Crippen LogP contribution in [-0.2, 0) is 0 Å². The van der Waals surface area contributed by atoms with E-state index in [-0.39, 0.29) is 0 Å². The van der Waals surface area contributed by atoms with Crippen LogP contribution in [0.15, 0.2) is 96.0 Å². The Hall–Kier alpha value is -3.28. The molecular formula is C21H17N6PS. The van der Waals surface area contributed by atoms with Crippen molar-refractivity contribution in [3.05, 3.63) is 91.3 Å². The molecule has 0 saturated heterocycles. The number of anilines is 1. The lowest BCUT2D eigenvalue weighted by atomic mass is 10.3. The van der Waals surface area contributed by atoms with E-state index in [2.05, 4.69) is 50.6 Å². The molecule has 3 aromatic carbocycles. The summed E-state index contributed by atoms with van der Waals surface area (Å²) >= 11 is 1.59. The van der Waals surface area contributed by atoms with Gasteiger partial charge in [-0.1, -0.05) is 84.1 Å². The summed E-state index contributed by atoms with van der Waals surface area (Å²) in [5.41, 5.74) is 0.954. The van der Waals surface area contributed by atoms with Gasteiger partial charge in [-0.2, -0.15) is 10.1 Å². The fourth-order valence-corrected chi connectivity index (χ4v) is 7.15. The smallest absolute Gasteiger partial charge is 0.223 e. The SMILES string of the molecule is c1ccc(P(=Nc2nc3ccccc3s2)(Nc2ncn[nH]2)c2ccccc2)cc1. The summed E-state index contributed by atoms with van der Waals surface area (Å²) in [6.07, 6.45) is 1.49. The van der Waals surface area contributed by atoms with Crippen LogP contribution in [0.2, 0.25) is 0 Å². The number of fused-ring (bicyclic) bond motifs is 1. The molecule has 0 aliphatic rings. The Morgan fingerprint density at radius 2 is 1.48 bits per heavy atom. The molecule has 0 aliphatic heterocycles. The van der Waals surface area contributed by atoms with E-state index < -0.39 is 7.21 Å². The van der Waals surface area contributed by atoms with Gasteiger partial charge in [0.2, 0.25) is 11.1 Å². The topological polar surface area (TPSA) is 78.8 Å². The largest absolute Gasteiger partial charge is 0.314 e. The molecule has 0 radical (unpaired) electrons. The molecule has 142 valence electrons. The Balaban J connectivity index is 1.81. The zero-order valence-electron chi connectivity index (χ0n) is 15.3. The summed E-state index contributed by atoms with van der Waals surface area (Å²) in [7, 11) is -2.48. The standard InChI is InChI=1S/C21H17N6PS/c1-3-9-16(10-4-1)28(17-11-5-2-6-12-17,26-20-22-15-23-25-20)27-21-24-18-13-7-8-14-19(18)29-21/h1-15H,(H2,22,23,25,26). The van der Waals surface area contributed by atoms with E-state index in [0.29, 0.717) is 5.95 Å². The van der Waals surface area contributed by atoms with Gasteiger partial charge in [-0.05, 0) is 12.1 Å².